The number of anilines is 1. The molecule has 3 heteroatoms. The molecular formula is C17H18BrNS. The Morgan fingerprint density at radius 2 is 1.90 bits per heavy atom. The van der Waals surface area contributed by atoms with Gasteiger partial charge in [0.2, 0.25) is 0 Å². The first-order valence-electron chi connectivity index (χ1n) is 6.88. The first kappa shape index (κ1) is 14.0. The number of fused-ring (bicyclic) bond motifs is 1. The van der Waals surface area contributed by atoms with E-state index in [1.54, 1.807) is 0 Å². The fourth-order valence-electron chi connectivity index (χ4n) is 2.77. The van der Waals surface area contributed by atoms with Crippen LogP contribution in [0.25, 0.3) is 0 Å². The highest BCUT2D eigenvalue weighted by molar-refractivity contribution is 9.10. The van der Waals surface area contributed by atoms with Gasteiger partial charge in [0.05, 0.1) is 0 Å². The Bertz CT molecular complexity index is 591. The molecule has 1 N–H and O–H groups in total. The zero-order valence-electron chi connectivity index (χ0n) is 11.7. The van der Waals surface area contributed by atoms with Crippen molar-refractivity contribution in [1.29, 1.82) is 0 Å². The Labute approximate surface area is 133 Å². The molecule has 2 aromatic carbocycles. The van der Waals surface area contributed by atoms with Crippen LogP contribution in [-0.2, 0) is 6.42 Å². The lowest BCUT2D eigenvalue weighted by Gasteiger charge is -2.16. The van der Waals surface area contributed by atoms with E-state index in [9.17, 15) is 0 Å². The van der Waals surface area contributed by atoms with Gasteiger partial charge in [-0.3, -0.25) is 0 Å². The summed E-state index contributed by atoms with van der Waals surface area (Å²) in [5.41, 5.74) is 5.38. The molecule has 0 spiro atoms. The first-order chi connectivity index (χ1) is 9.63. The molecule has 1 atom stereocenters. The van der Waals surface area contributed by atoms with Crippen LogP contribution in [0.4, 0.5) is 5.69 Å². The number of rotatable bonds is 3. The van der Waals surface area contributed by atoms with E-state index in [0.29, 0.717) is 5.25 Å². The summed E-state index contributed by atoms with van der Waals surface area (Å²) in [6.07, 6.45) is 1.17. The molecule has 0 amide bonds. The van der Waals surface area contributed by atoms with Crippen LogP contribution in [0, 0.1) is 13.8 Å². The second-order valence-electron chi connectivity index (χ2n) is 5.35. The molecule has 1 aliphatic rings. The van der Waals surface area contributed by atoms with E-state index in [2.05, 4.69) is 71.5 Å². The third-order valence-electron chi connectivity index (χ3n) is 3.72. The lowest BCUT2D eigenvalue weighted by atomic mass is 10.1. The molecule has 3 rings (SSSR count). The second kappa shape index (κ2) is 5.82. The van der Waals surface area contributed by atoms with Crippen LogP contribution in [0.2, 0.25) is 0 Å². The van der Waals surface area contributed by atoms with Gasteiger partial charge in [0, 0.05) is 26.9 Å². The van der Waals surface area contributed by atoms with Gasteiger partial charge in [0.1, 0.15) is 0 Å². The standard InChI is InChI=1S/C17H18BrNS/c1-11-7-14(18)8-12(2)17(11)19-10-15-9-13-5-3-4-6-16(13)20-15/h3-8,15,19H,9-10H2,1-2H3. The molecule has 0 bridgehead atoms. The third kappa shape index (κ3) is 2.89. The average molecular weight is 348 g/mol. The van der Waals surface area contributed by atoms with Gasteiger partial charge in [0.15, 0.2) is 0 Å². The van der Waals surface area contributed by atoms with Gasteiger partial charge in [-0.2, -0.15) is 0 Å². The summed E-state index contributed by atoms with van der Waals surface area (Å²) in [4.78, 5) is 1.45. The van der Waals surface area contributed by atoms with E-state index in [1.807, 2.05) is 11.8 Å². The summed E-state index contributed by atoms with van der Waals surface area (Å²) in [6.45, 7) is 5.34. The van der Waals surface area contributed by atoms with E-state index >= 15 is 0 Å². The lowest BCUT2D eigenvalue weighted by molar-refractivity contribution is 0.897. The number of hydrogen-bond donors (Lipinski definition) is 1. The van der Waals surface area contributed by atoms with Gasteiger partial charge in [-0.25, -0.2) is 0 Å². The molecule has 0 saturated carbocycles. The Kier molecular flexibility index (Phi) is 4.08. The molecule has 0 aromatic heterocycles. The van der Waals surface area contributed by atoms with Crippen molar-refractivity contribution in [1.82, 2.24) is 0 Å². The van der Waals surface area contributed by atoms with Gasteiger partial charge >= 0.3 is 0 Å². The Balaban J connectivity index is 1.67. The molecule has 1 heterocycles. The smallest absolute Gasteiger partial charge is 0.0400 e. The maximum atomic E-state index is 3.64. The van der Waals surface area contributed by atoms with Gasteiger partial charge in [-0.15, -0.1) is 11.8 Å². The lowest BCUT2D eigenvalue weighted by Crippen LogP contribution is -2.17. The van der Waals surface area contributed by atoms with E-state index in [-0.39, 0.29) is 0 Å². The zero-order valence-corrected chi connectivity index (χ0v) is 14.1. The first-order valence-corrected chi connectivity index (χ1v) is 8.56. The van der Waals surface area contributed by atoms with Gasteiger partial charge in [0.25, 0.3) is 0 Å². The Morgan fingerprint density at radius 3 is 2.60 bits per heavy atom. The molecule has 0 fully saturated rings. The molecule has 1 aliphatic heterocycles. The summed E-state index contributed by atoms with van der Waals surface area (Å²) < 4.78 is 1.15. The van der Waals surface area contributed by atoms with Crippen molar-refractivity contribution in [3.63, 3.8) is 0 Å². The summed E-state index contributed by atoms with van der Waals surface area (Å²) in [7, 11) is 0. The van der Waals surface area contributed by atoms with Gasteiger partial charge < -0.3 is 5.32 Å². The van der Waals surface area contributed by atoms with Crippen molar-refractivity contribution < 1.29 is 0 Å². The van der Waals surface area contributed by atoms with E-state index in [0.717, 1.165) is 11.0 Å². The summed E-state index contributed by atoms with van der Waals surface area (Å²) in [5.74, 6) is 0. The van der Waals surface area contributed by atoms with Crippen LogP contribution in [-0.4, -0.2) is 11.8 Å². The molecule has 104 valence electrons. The number of benzene rings is 2. The average Bonchev–Trinajstić information content (AvgIpc) is 2.80. The molecular weight excluding hydrogens is 330 g/mol. The molecule has 1 unspecified atom stereocenters. The third-order valence-corrected chi connectivity index (χ3v) is 5.49. The van der Waals surface area contributed by atoms with Gasteiger partial charge in [-0.1, -0.05) is 34.1 Å². The Morgan fingerprint density at radius 1 is 1.20 bits per heavy atom. The predicted octanol–water partition coefficient (Wildman–Crippen LogP) is 5.19. The maximum Gasteiger partial charge on any atom is 0.0400 e. The van der Waals surface area contributed by atoms with Crippen LogP contribution in [0.5, 0.6) is 0 Å². The van der Waals surface area contributed by atoms with Gasteiger partial charge in [-0.05, 0) is 55.2 Å². The monoisotopic (exact) mass is 347 g/mol. The van der Waals surface area contributed by atoms with Crippen LogP contribution in [0.15, 0.2) is 45.8 Å². The quantitative estimate of drug-likeness (QED) is 0.819. The predicted molar refractivity (Wildman–Crippen MR) is 91.9 cm³/mol. The minimum atomic E-state index is 0.634. The highest BCUT2D eigenvalue weighted by Crippen LogP contribution is 2.37. The topological polar surface area (TPSA) is 12.0 Å². The van der Waals surface area contributed by atoms with Crippen molar-refractivity contribution >= 4 is 33.4 Å². The maximum absolute atomic E-state index is 3.64. The number of hydrogen-bond acceptors (Lipinski definition) is 2. The largest absolute Gasteiger partial charge is 0.383 e. The minimum absolute atomic E-state index is 0.634. The van der Waals surface area contributed by atoms with E-state index in [1.165, 1.54) is 33.7 Å². The SMILES string of the molecule is Cc1cc(Br)cc(C)c1NCC1Cc2ccccc2S1. The van der Waals surface area contributed by atoms with Crippen molar-refractivity contribution in [2.45, 2.75) is 30.4 Å². The summed E-state index contributed by atoms with van der Waals surface area (Å²) in [6, 6.07) is 13.1. The minimum Gasteiger partial charge on any atom is -0.383 e. The molecule has 0 aliphatic carbocycles. The second-order valence-corrected chi connectivity index (χ2v) is 7.61. The highest BCUT2D eigenvalue weighted by atomic mass is 79.9. The van der Waals surface area contributed by atoms with E-state index < -0.39 is 0 Å². The fraction of sp³-hybridized carbons (Fsp3) is 0.294. The Hall–Kier alpha value is -0.930. The molecule has 0 saturated heterocycles. The van der Waals surface area contributed by atoms with Crippen molar-refractivity contribution in [2.75, 3.05) is 11.9 Å². The summed E-state index contributed by atoms with van der Waals surface area (Å²) in [5, 5.41) is 4.28. The summed E-state index contributed by atoms with van der Waals surface area (Å²) >= 11 is 5.55. The number of halogens is 1. The zero-order chi connectivity index (χ0) is 14.1. The molecule has 2 aromatic rings. The molecule has 0 radical (unpaired) electrons. The number of aryl methyl sites for hydroxylation is 2. The molecule has 20 heavy (non-hydrogen) atoms. The molecule has 1 nitrogen and oxygen atoms in total. The highest BCUT2D eigenvalue weighted by Gasteiger charge is 2.21. The van der Waals surface area contributed by atoms with Crippen LogP contribution < -0.4 is 5.32 Å². The van der Waals surface area contributed by atoms with Crippen LogP contribution in [0.3, 0.4) is 0 Å². The number of thioether (sulfide) groups is 1. The van der Waals surface area contributed by atoms with Crippen molar-refractivity contribution in [2.24, 2.45) is 0 Å². The van der Waals surface area contributed by atoms with Crippen LogP contribution >= 0.6 is 27.7 Å². The number of nitrogens with one attached hydrogen (secondary N) is 1. The van der Waals surface area contributed by atoms with E-state index in [4.69, 9.17) is 0 Å². The van der Waals surface area contributed by atoms with Crippen molar-refractivity contribution in [3.8, 4) is 0 Å². The fourth-order valence-corrected chi connectivity index (χ4v) is 4.71. The van der Waals surface area contributed by atoms with Crippen molar-refractivity contribution in [3.05, 3.63) is 57.6 Å². The van der Waals surface area contributed by atoms with Crippen LogP contribution in [0.1, 0.15) is 16.7 Å². The normalized spacial score (nSPS) is 17.1.